The summed E-state index contributed by atoms with van der Waals surface area (Å²) < 4.78 is 21.1. The first-order valence-corrected chi connectivity index (χ1v) is 12.8. The predicted octanol–water partition coefficient (Wildman–Crippen LogP) is 4.88. The van der Waals surface area contributed by atoms with Gasteiger partial charge in [-0.25, -0.2) is 14.2 Å². The van der Waals surface area contributed by atoms with Gasteiger partial charge in [0.2, 0.25) is 0 Å². The first kappa shape index (κ1) is 29.9. The molecule has 0 amide bonds. The van der Waals surface area contributed by atoms with Gasteiger partial charge in [-0.1, -0.05) is 27.7 Å². The van der Waals surface area contributed by atoms with Crippen molar-refractivity contribution in [3.63, 3.8) is 0 Å². The van der Waals surface area contributed by atoms with Crippen molar-refractivity contribution in [2.45, 2.75) is 73.1 Å². The number of nitrogens with two attached hydrogens (primary N) is 1. The number of carbonyl (C=O) groups excluding carboxylic acids is 1. The van der Waals surface area contributed by atoms with Crippen LogP contribution in [0, 0.1) is 12.7 Å². The van der Waals surface area contributed by atoms with E-state index in [1.807, 2.05) is 27.7 Å². The Bertz CT molecular complexity index is 1360. The van der Waals surface area contributed by atoms with Crippen molar-refractivity contribution in [3.05, 3.63) is 74.8 Å². The molecule has 200 valence electrons. The summed E-state index contributed by atoms with van der Waals surface area (Å²) in [6.45, 7) is 16.0. The van der Waals surface area contributed by atoms with E-state index in [0.29, 0.717) is 34.6 Å². The van der Waals surface area contributed by atoms with E-state index < -0.39 is 12.1 Å². The summed E-state index contributed by atoms with van der Waals surface area (Å²) in [7, 11) is 1.50. The van der Waals surface area contributed by atoms with E-state index in [1.165, 1.54) is 13.1 Å². The number of hydrogen-bond donors (Lipinski definition) is 2. The molecule has 0 saturated heterocycles. The monoisotopic (exact) mass is 511 g/mol. The molecule has 7 nitrogen and oxygen atoms in total. The third-order valence-electron chi connectivity index (χ3n) is 6.54. The Hall–Kier alpha value is -3.36. The van der Waals surface area contributed by atoms with E-state index in [4.69, 9.17) is 9.72 Å². The van der Waals surface area contributed by atoms with Crippen molar-refractivity contribution in [1.82, 2.24) is 9.55 Å². The van der Waals surface area contributed by atoms with Gasteiger partial charge in [-0.2, -0.15) is 0 Å². The zero-order valence-electron chi connectivity index (χ0n) is 22.7. The quantitative estimate of drug-likeness (QED) is 0.257. The summed E-state index contributed by atoms with van der Waals surface area (Å²) in [4.78, 5) is 29.6. The molecule has 1 aromatic carbocycles. The first-order valence-electron chi connectivity index (χ1n) is 12.8. The average Bonchev–Trinajstić information content (AvgIpc) is 3.33. The summed E-state index contributed by atoms with van der Waals surface area (Å²) in [5, 5.41) is 11.2. The van der Waals surface area contributed by atoms with Crippen molar-refractivity contribution >= 4 is 16.9 Å². The summed E-state index contributed by atoms with van der Waals surface area (Å²) in [5.74, 6) is -1.03. The Morgan fingerprint density at radius 1 is 1.05 bits per heavy atom. The second-order valence-corrected chi connectivity index (χ2v) is 7.99. The van der Waals surface area contributed by atoms with Crippen LogP contribution in [0.3, 0.4) is 0 Å². The van der Waals surface area contributed by atoms with E-state index in [0.717, 1.165) is 41.3 Å². The van der Waals surface area contributed by atoms with Crippen LogP contribution in [0.25, 0.3) is 22.3 Å². The van der Waals surface area contributed by atoms with Crippen molar-refractivity contribution in [2.24, 2.45) is 5.73 Å². The van der Waals surface area contributed by atoms with Gasteiger partial charge in [-0.05, 0) is 56.0 Å². The van der Waals surface area contributed by atoms with Gasteiger partial charge in [-0.15, -0.1) is 13.2 Å². The van der Waals surface area contributed by atoms with E-state index >= 15 is 0 Å². The average molecular weight is 512 g/mol. The van der Waals surface area contributed by atoms with Crippen LogP contribution < -0.4 is 11.3 Å². The van der Waals surface area contributed by atoms with Crippen molar-refractivity contribution in [3.8, 4) is 11.4 Å². The van der Waals surface area contributed by atoms with Crippen molar-refractivity contribution in [2.75, 3.05) is 7.05 Å². The highest BCUT2D eigenvalue weighted by Crippen LogP contribution is 2.41. The number of aliphatic hydroxyl groups is 1. The van der Waals surface area contributed by atoms with Gasteiger partial charge in [0.05, 0.1) is 29.0 Å². The SMILES string of the molecule is C=C.CC.CC.CN.Cc1c(F)cc2nc3c(c4c2c1CCC4)Cn1c-3cc2c(c1=O)COC(=O)[C@H]2O. The number of nitrogens with zero attached hydrogens (tertiary/aromatic N) is 2. The topological polar surface area (TPSA) is 107 Å². The Labute approximate surface area is 217 Å². The molecule has 0 radical (unpaired) electrons. The van der Waals surface area contributed by atoms with Crippen LogP contribution in [0.2, 0.25) is 0 Å². The molecule has 37 heavy (non-hydrogen) atoms. The molecule has 3 N–H and O–H groups in total. The van der Waals surface area contributed by atoms with Gasteiger partial charge in [0.25, 0.3) is 5.56 Å². The highest BCUT2D eigenvalue weighted by molar-refractivity contribution is 5.92. The molecule has 2 aliphatic heterocycles. The highest BCUT2D eigenvalue weighted by Gasteiger charge is 2.35. The first-order chi connectivity index (χ1) is 18.0. The number of pyridine rings is 2. The summed E-state index contributed by atoms with van der Waals surface area (Å²) in [6.07, 6.45) is 1.12. The number of ether oxygens (including phenoxy) is 1. The lowest BCUT2D eigenvalue weighted by Crippen LogP contribution is -2.32. The molecular weight excluding hydrogens is 473 g/mol. The molecule has 6 rings (SSSR count). The molecule has 0 unspecified atom stereocenters. The molecule has 1 aliphatic carbocycles. The molecule has 4 heterocycles. The van der Waals surface area contributed by atoms with Gasteiger partial charge < -0.3 is 20.1 Å². The number of cyclic esters (lactones) is 1. The number of rotatable bonds is 0. The molecule has 0 fully saturated rings. The highest BCUT2D eigenvalue weighted by atomic mass is 19.1. The van der Waals surface area contributed by atoms with E-state index in [1.54, 1.807) is 17.6 Å². The zero-order valence-corrected chi connectivity index (χ0v) is 22.7. The fourth-order valence-corrected chi connectivity index (χ4v) is 5.06. The normalized spacial score (nSPS) is 15.5. The van der Waals surface area contributed by atoms with Crippen LogP contribution in [-0.2, 0) is 35.5 Å². The Kier molecular flexibility index (Phi) is 10.3. The number of benzene rings is 1. The lowest BCUT2D eigenvalue weighted by atomic mass is 9.85. The largest absolute Gasteiger partial charge is 0.458 e. The fraction of sp³-hybridized carbons (Fsp3) is 0.414. The minimum absolute atomic E-state index is 0.141. The van der Waals surface area contributed by atoms with Gasteiger partial charge >= 0.3 is 5.97 Å². The zero-order chi connectivity index (χ0) is 28.0. The van der Waals surface area contributed by atoms with Gasteiger partial charge in [0.1, 0.15) is 12.4 Å². The van der Waals surface area contributed by atoms with Crippen LogP contribution in [0.4, 0.5) is 4.39 Å². The molecule has 2 aromatic heterocycles. The van der Waals surface area contributed by atoms with Crippen LogP contribution in [0.5, 0.6) is 0 Å². The molecule has 0 saturated carbocycles. The van der Waals surface area contributed by atoms with Gasteiger partial charge in [0, 0.05) is 22.6 Å². The Morgan fingerprint density at radius 3 is 2.32 bits per heavy atom. The standard InChI is InChI=1S/C22H17FN2O4.2C2H6.C2H4.CH5N/c1-9-10-3-2-4-11-13-7-25-17(19(13)24-16(18(10)11)6-15(9)23)5-12-14(21(25)27)8-29-22(28)20(12)26;4*1-2/h5-6,20,26H,2-4,7-8H2,1H3;2*1-2H3;1-2H2;2H2,1H3/t20-;;;;/m0..../s1. The lowest BCUT2D eigenvalue weighted by molar-refractivity contribution is -0.157. The molecular formula is C29H38FN3O4. The minimum Gasteiger partial charge on any atom is -0.458 e. The molecule has 1 atom stereocenters. The Morgan fingerprint density at radius 2 is 1.68 bits per heavy atom. The third kappa shape index (κ3) is 4.83. The summed E-state index contributed by atoms with van der Waals surface area (Å²) >= 11 is 0. The minimum atomic E-state index is -1.48. The van der Waals surface area contributed by atoms with Crippen LogP contribution in [0.15, 0.2) is 30.1 Å². The van der Waals surface area contributed by atoms with Crippen molar-refractivity contribution in [1.29, 1.82) is 0 Å². The smallest absolute Gasteiger partial charge is 0.340 e. The number of esters is 1. The molecule has 0 bridgehead atoms. The molecule has 8 heteroatoms. The predicted molar refractivity (Wildman–Crippen MR) is 146 cm³/mol. The number of halogens is 1. The molecule has 3 aromatic rings. The van der Waals surface area contributed by atoms with E-state index in [2.05, 4.69) is 18.9 Å². The van der Waals surface area contributed by atoms with Crippen LogP contribution in [-0.4, -0.2) is 27.7 Å². The Balaban J connectivity index is 0.000000553. The molecule has 0 spiro atoms. The summed E-state index contributed by atoms with van der Waals surface area (Å²) in [6, 6.07) is 3.13. The number of carbonyl (C=O) groups is 1. The van der Waals surface area contributed by atoms with Crippen LogP contribution >= 0.6 is 0 Å². The second kappa shape index (κ2) is 12.7. The second-order valence-electron chi connectivity index (χ2n) is 7.99. The maximum absolute atomic E-state index is 14.5. The maximum Gasteiger partial charge on any atom is 0.340 e. The number of aromatic nitrogens is 2. The van der Waals surface area contributed by atoms with Gasteiger partial charge in [0.15, 0.2) is 6.10 Å². The number of aliphatic hydroxyl groups excluding tert-OH is 1. The number of hydrogen-bond acceptors (Lipinski definition) is 6. The van der Waals surface area contributed by atoms with E-state index in [-0.39, 0.29) is 23.5 Å². The number of aryl methyl sites for hydroxylation is 2. The van der Waals surface area contributed by atoms with E-state index in [9.17, 15) is 19.1 Å². The van der Waals surface area contributed by atoms with Crippen molar-refractivity contribution < 1.29 is 19.0 Å². The lowest BCUT2D eigenvalue weighted by Gasteiger charge is -2.22. The fourth-order valence-electron chi connectivity index (χ4n) is 5.06. The number of fused-ring (bicyclic) bond motifs is 5. The summed E-state index contributed by atoms with van der Waals surface area (Å²) in [5.41, 5.74) is 10.4. The maximum atomic E-state index is 14.5. The third-order valence-corrected chi connectivity index (χ3v) is 6.54. The van der Waals surface area contributed by atoms with Crippen LogP contribution in [0.1, 0.15) is 73.6 Å². The van der Waals surface area contributed by atoms with Gasteiger partial charge in [-0.3, -0.25) is 4.79 Å². The molecule has 3 aliphatic rings.